The SMILES string of the molecule is O=C1C2CCCNC2CN1CCSC(F)(F)F. The molecule has 3 nitrogen and oxygen atoms in total. The zero-order valence-electron chi connectivity index (χ0n) is 9.29. The molecular weight excluding hydrogens is 253 g/mol. The van der Waals surface area contributed by atoms with Crippen LogP contribution in [0.3, 0.4) is 0 Å². The molecule has 0 bridgehead atoms. The first-order chi connectivity index (χ1) is 7.97. The predicted molar refractivity (Wildman–Crippen MR) is 59.6 cm³/mol. The monoisotopic (exact) mass is 268 g/mol. The summed E-state index contributed by atoms with van der Waals surface area (Å²) in [7, 11) is 0. The molecule has 0 aromatic carbocycles. The molecule has 0 spiro atoms. The summed E-state index contributed by atoms with van der Waals surface area (Å²) in [6.45, 7) is 1.65. The minimum Gasteiger partial charge on any atom is -0.340 e. The summed E-state index contributed by atoms with van der Waals surface area (Å²) in [5, 5.41) is 3.26. The van der Waals surface area contributed by atoms with Crippen LogP contribution < -0.4 is 5.32 Å². The number of hydrogen-bond donors (Lipinski definition) is 1. The Morgan fingerprint density at radius 3 is 2.88 bits per heavy atom. The summed E-state index contributed by atoms with van der Waals surface area (Å²) in [5.74, 6) is -0.0705. The summed E-state index contributed by atoms with van der Waals surface area (Å²) in [6, 6.07) is 0.145. The van der Waals surface area contributed by atoms with E-state index in [2.05, 4.69) is 5.32 Å². The van der Waals surface area contributed by atoms with Gasteiger partial charge in [0.2, 0.25) is 5.91 Å². The summed E-state index contributed by atoms with van der Waals surface area (Å²) in [5.41, 5.74) is -4.20. The van der Waals surface area contributed by atoms with Crippen molar-refractivity contribution in [3.8, 4) is 0 Å². The van der Waals surface area contributed by atoms with Crippen molar-refractivity contribution in [1.82, 2.24) is 10.2 Å². The molecular formula is C10H15F3N2OS. The minimum atomic E-state index is -4.20. The smallest absolute Gasteiger partial charge is 0.340 e. The van der Waals surface area contributed by atoms with E-state index in [0.717, 1.165) is 19.4 Å². The summed E-state index contributed by atoms with van der Waals surface area (Å²) >= 11 is -0.0586. The lowest BCUT2D eigenvalue weighted by Crippen LogP contribution is -2.41. The molecule has 1 N–H and O–H groups in total. The minimum absolute atomic E-state index is 0.0142. The average molecular weight is 268 g/mol. The third-order valence-electron chi connectivity index (χ3n) is 3.26. The Balaban J connectivity index is 1.80. The largest absolute Gasteiger partial charge is 0.441 e. The highest BCUT2D eigenvalue weighted by atomic mass is 32.2. The number of thioether (sulfide) groups is 1. The van der Waals surface area contributed by atoms with E-state index < -0.39 is 5.51 Å². The van der Waals surface area contributed by atoms with Crippen molar-refractivity contribution in [2.75, 3.05) is 25.4 Å². The number of nitrogens with one attached hydrogen (secondary N) is 1. The zero-order valence-corrected chi connectivity index (χ0v) is 10.1. The van der Waals surface area contributed by atoms with Gasteiger partial charge in [-0.05, 0) is 31.1 Å². The van der Waals surface area contributed by atoms with E-state index in [1.807, 2.05) is 0 Å². The van der Waals surface area contributed by atoms with Crippen molar-refractivity contribution in [2.45, 2.75) is 24.4 Å². The maximum atomic E-state index is 12.0. The Morgan fingerprint density at radius 2 is 2.24 bits per heavy atom. The summed E-state index contributed by atoms with van der Waals surface area (Å²) in [6.07, 6.45) is 1.83. The average Bonchev–Trinajstić information content (AvgIpc) is 2.55. The van der Waals surface area contributed by atoms with Crippen LogP contribution in [-0.2, 0) is 4.79 Å². The van der Waals surface area contributed by atoms with Crippen LogP contribution >= 0.6 is 11.8 Å². The van der Waals surface area contributed by atoms with Gasteiger partial charge in [0.25, 0.3) is 0 Å². The lowest BCUT2D eigenvalue weighted by atomic mass is 9.94. The van der Waals surface area contributed by atoms with Crippen LogP contribution in [0.25, 0.3) is 0 Å². The fraction of sp³-hybridized carbons (Fsp3) is 0.900. The topological polar surface area (TPSA) is 32.3 Å². The highest BCUT2D eigenvalue weighted by Crippen LogP contribution is 2.31. The molecule has 1 amide bonds. The lowest BCUT2D eigenvalue weighted by molar-refractivity contribution is -0.131. The van der Waals surface area contributed by atoms with E-state index in [0.29, 0.717) is 6.54 Å². The zero-order chi connectivity index (χ0) is 12.5. The Kier molecular flexibility index (Phi) is 3.87. The number of piperidine rings is 1. The van der Waals surface area contributed by atoms with Crippen LogP contribution in [0.2, 0.25) is 0 Å². The van der Waals surface area contributed by atoms with Crippen LogP contribution in [0, 0.1) is 5.92 Å². The quantitative estimate of drug-likeness (QED) is 0.841. The molecule has 0 saturated carbocycles. The van der Waals surface area contributed by atoms with E-state index in [1.54, 1.807) is 4.90 Å². The van der Waals surface area contributed by atoms with Gasteiger partial charge in [0.15, 0.2) is 0 Å². The molecule has 0 aromatic rings. The first kappa shape index (κ1) is 13.0. The number of halogens is 3. The van der Waals surface area contributed by atoms with Crippen LogP contribution in [-0.4, -0.2) is 47.7 Å². The van der Waals surface area contributed by atoms with E-state index >= 15 is 0 Å². The molecule has 0 aromatic heterocycles. The molecule has 2 saturated heterocycles. The van der Waals surface area contributed by atoms with Crippen LogP contribution in [0.5, 0.6) is 0 Å². The molecule has 2 atom stereocenters. The molecule has 2 heterocycles. The van der Waals surface area contributed by atoms with Gasteiger partial charge < -0.3 is 10.2 Å². The maximum absolute atomic E-state index is 12.0. The highest BCUT2D eigenvalue weighted by Gasteiger charge is 2.41. The molecule has 7 heteroatoms. The highest BCUT2D eigenvalue weighted by molar-refractivity contribution is 8.00. The normalized spacial score (nSPS) is 29.6. The predicted octanol–water partition coefficient (Wildman–Crippen LogP) is 1.45. The third-order valence-corrected chi connectivity index (χ3v) is 3.97. The number of carbonyl (C=O) groups is 1. The van der Waals surface area contributed by atoms with E-state index in [9.17, 15) is 18.0 Å². The van der Waals surface area contributed by atoms with Gasteiger partial charge in [-0.2, -0.15) is 13.2 Å². The van der Waals surface area contributed by atoms with Crippen molar-refractivity contribution in [2.24, 2.45) is 5.92 Å². The molecule has 17 heavy (non-hydrogen) atoms. The molecule has 2 aliphatic rings. The van der Waals surface area contributed by atoms with Gasteiger partial charge in [-0.1, -0.05) is 0 Å². The number of carbonyl (C=O) groups excluding carboxylic acids is 1. The Hall–Kier alpha value is -0.430. The second kappa shape index (κ2) is 5.06. The Labute approximate surface area is 102 Å². The second-order valence-electron chi connectivity index (χ2n) is 4.39. The van der Waals surface area contributed by atoms with Gasteiger partial charge in [-0.15, -0.1) is 0 Å². The first-order valence-corrected chi connectivity index (χ1v) is 6.69. The number of nitrogens with zero attached hydrogens (tertiary/aromatic N) is 1. The molecule has 2 aliphatic heterocycles. The number of alkyl halides is 3. The van der Waals surface area contributed by atoms with Gasteiger partial charge in [0, 0.05) is 24.9 Å². The third kappa shape index (κ3) is 3.28. The van der Waals surface area contributed by atoms with Gasteiger partial charge in [0.1, 0.15) is 0 Å². The molecule has 98 valence electrons. The standard InChI is InChI=1S/C10H15F3N2OS/c11-10(12,13)17-5-4-15-6-8-7(9(15)16)2-1-3-14-8/h7-8,14H,1-6H2. The summed E-state index contributed by atoms with van der Waals surface area (Å²) in [4.78, 5) is 13.5. The molecule has 2 rings (SSSR count). The second-order valence-corrected chi connectivity index (χ2v) is 5.55. The van der Waals surface area contributed by atoms with Crippen LogP contribution in [0.4, 0.5) is 13.2 Å². The van der Waals surface area contributed by atoms with Gasteiger partial charge in [-0.25, -0.2) is 0 Å². The van der Waals surface area contributed by atoms with Gasteiger partial charge in [-0.3, -0.25) is 4.79 Å². The maximum Gasteiger partial charge on any atom is 0.441 e. The number of likely N-dealkylation sites (tertiary alicyclic amines) is 1. The van der Waals surface area contributed by atoms with Crippen LogP contribution in [0.1, 0.15) is 12.8 Å². The molecule has 2 fully saturated rings. The number of fused-ring (bicyclic) bond motifs is 1. The number of hydrogen-bond acceptors (Lipinski definition) is 3. The van der Waals surface area contributed by atoms with E-state index in [-0.39, 0.29) is 41.9 Å². The lowest BCUT2D eigenvalue weighted by Gasteiger charge is -2.23. The number of amides is 1. The Bertz CT molecular complexity index is 298. The Morgan fingerprint density at radius 1 is 1.47 bits per heavy atom. The van der Waals surface area contributed by atoms with Crippen molar-refractivity contribution in [3.05, 3.63) is 0 Å². The van der Waals surface area contributed by atoms with Crippen molar-refractivity contribution in [3.63, 3.8) is 0 Å². The molecule has 2 unspecified atom stereocenters. The first-order valence-electron chi connectivity index (χ1n) is 5.70. The van der Waals surface area contributed by atoms with E-state index in [4.69, 9.17) is 0 Å². The summed E-state index contributed by atoms with van der Waals surface area (Å²) < 4.78 is 35.9. The fourth-order valence-electron chi connectivity index (χ4n) is 2.48. The van der Waals surface area contributed by atoms with Crippen molar-refractivity contribution < 1.29 is 18.0 Å². The molecule has 0 aliphatic carbocycles. The fourth-order valence-corrected chi connectivity index (χ4v) is 3.02. The van der Waals surface area contributed by atoms with Crippen molar-refractivity contribution in [1.29, 1.82) is 0 Å². The molecule has 0 radical (unpaired) electrons. The van der Waals surface area contributed by atoms with Gasteiger partial charge in [0.05, 0.1) is 5.92 Å². The van der Waals surface area contributed by atoms with E-state index in [1.165, 1.54) is 0 Å². The van der Waals surface area contributed by atoms with Crippen molar-refractivity contribution >= 4 is 17.7 Å². The van der Waals surface area contributed by atoms with Gasteiger partial charge >= 0.3 is 5.51 Å². The number of rotatable bonds is 3. The van der Waals surface area contributed by atoms with Crippen LogP contribution in [0.15, 0.2) is 0 Å².